The van der Waals surface area contributed by atoms with Gasteiger partial charge in [0, 0.05) is 24.2 Å². The molecular formula is C22H28N4S. The quantitative estimate of drug-likeness (QED) is 0.615. The third-order valence-corrected chi connectivity index (χ3v) is 7.46. The van der Waals surface area contributed by atoms with Crippen LogP contribution in [0.25, 0.3) is 20.4 Å². The minimum absolute atomic E-state index is 0.826. The lowest BCUT2D eigenvalue weighted by Crippen LogP contribution is -2.33. The first kappa shape index (κ1) is 17.4. The van der Waals surface area contributed by atoms with Crippen molar-refractivity contribution in [2.45, 2.75) is 65.2 Å². The molecule has 0 amide bonds. The predicted octanol–water partition coefficient (Wildman–Crippen LogP) is 5.31. The molecule has 2 aliphatic rings. The Hall–Kier alpha value is -1.75. The molecule has 0 saturated carbocycles. The van der Waals surface area contributed by atoms with Crippen molar-refractivity contribution in [3.63, 3.8) is 0 Å². The molecule has 3 aromatic rings. The normalized spacial score (nSPS) is 17.9. The van der Waals surface area contributed by atoms with Gasteiger partial charge < -0.3 is 4.90 Å². The van der Waals surface area contributed by atoms with Crippen molar-refractivity contribution in [2.75, 3.05) is 18.0 Å². The van der Waals surface area contributed by atoms with Crippen molar-refractivity contribution < 1.29 is 0 Å². The van der Waals surface area contributed by atoms with Gasteiger partial charge in [-0.3, -0.25) is 0 Å². The largest absolute Gasteiger partial charge is 0.355 e. The lowest BCUT2D eigenvalue weighted by Gasteiger charge is -2.31. The highest BCUT2D eigenvalue weighted by Gasteiger charge is 2.26. The number of nitrogens with zero attached hydrogens (tertiary/aromatic N) is 4. The van der Waals surface area contributed by atoms with Gasteiger partial charge >= 0.3 is 0 Å². The van der Waals surface area contributed by atoms with Crippen LogP contribution in [-0.4, -0.2) is 28.0 Å². The summed E-state index contributed by atoms with van der Waals surface area (Å²) in [5, 5.41) is 1.33. The Labute approximate surface area is 165 Å². The van der Waals surface area contributed by atoms with E-state index in [4.69, 9.17) is 15.0 Å². The molecule has 0 unspecified atom stereocenters. The average molecular weight is 381 g/mol. The van der Waals surface area contributed by atoms with Crippen molar-refractivity contribution in [2.24, 2.45) is 5.92 Å². The average Bonchev–Trinajstić information content (AvgIpc) is 3.30. The molecular weight excluding hydrogens is 352 g/mol. The summed E-state index contributed by atoms with van der Waals surface area (Å²) < 4.78 is 1.25. The summed E-state index contributed by atoms with van der Waals surface area (Å²) in [6, 6.07) is 0. The minimum atomic E-state index is 0.826. The lowest BCUT2D eigenvalue weighted by molar-refractivity contribution is 0.437. The van der Waals surface area contributed by atoms with E-state index in [0.717, 1.165) is 36.8 Å². The summed E-state index contributed by atoms with van der Waals surface area (Å²) in [4.78, 5) is 18.3. The number of hydrogen-bond acceptors (Lipinski definition) is 5. The zero-order valence-corrected chi connectivity index (χ0v) is 17.2. The van der Waals surface area contributed by atoms with Gasteiger partial charge in [0.2, 0.25) is 0 Å². The number of aryl methyl sites for hydroxylation is 2. The van der Waals surface area contributed by atoms with Crippen molar-refractivity contribution in [3.05, 3.63) is 23.1 Å². The Balaban J connectivity index is 1.67. The van der Waals surface area contributed by atoms with Gasteiger partial charge in [0.1, 0.15) is 17.0 Å². The number of aromatic nitrogens is 3. The molecule has 142 valence electrons. The molecule has 1 aliphatic carbocycles. The molecule has 27 heavy (non-hydrogen) atoms. The summed E-state index contributed by atoms with van der Waals surface area (Å²) in [5.74, 6) is 1.96. The van der Waals surface area contributed by atoms with Gasteiger partial charge in [0.05, 0.1) is 10.2 Å². The van der Waals surface area contributed by atoms with Crippen LogP contribution in [0.1, 0.15) is 62.8 Å². The summed E-state index contributed by atoms with van der Waals surface area (Å²) in [7, 11) is 0. The summed E-state index contributed by atoms with van der Waals surface area (Å²) in [6.07, 6.45) is 11.5. The summed E-state index contributed by atoms with van der Waals surface area (Å²) in [5.41, 5.74) is 5.56. The van der Waals surface area contributed by atoms with Crippen LogP contribution >= 0.6 is 11.3 Å². The number of piperidine rings is 1. The van der Waals surface area contributed by atoms with Crippen LogP contribution in [0, 0.1) is 5.92 Å². The number of anilines is 1. The smallest absolute Gasteiger partial charge is 0.150 e. The van der Waals surface area contributed by atoms with E-state index >= 15 is 0 Å². The van der Waals surface area contributed by atoms with Crippen LogP contribution in [-0.2, 0) is 19.3 Å². The fourth-order valence-electron chi connectivity index (χ4n) is 4.76. The van der Waals surface area contributed by atoms with Crippen molar-refractivity contribution >= 4 is 37.6 Å². The molecule has 3 aromatic heterocycles. The van der Waals surface area contributed by atoms with E-state index in [-0.39, 0.29) is 0 Å². The lowest BCUT2D eigenvalue weighted by atomic mass is 9.99. The predicted molar refractivity (Wildman–Crippen MR) is 114 cm³/mol. The zero-order chi connectivity index (χ0) is 18.4. The number of pyridine rings is 1. The Morgan fingerprint density at radius 2 is 1.96 bits per heavy atom. The number of fused-ring (bicyclic) bond motifs is 5. The van der Waals surface area contributed by atoms with Crippen LogP contribution in [0.15, 0.2) is 6.33 Å². The maximum atomic E-state index is 5.15. The van der Waals surface area contributed by atoms with Crippen molar-refractivity contribution in [3.8, 4) is 0 Å². The molecule has 4 nitrogen and oxygen atoms in total. The molecule has 5 heteroatoms. The third-order valence-electron chi connectivity index (χ3n) is 6.39. The van der Waals surface area contributed by atoms with Crippen molar-refractivity contribution in [1.82, 2.24) is 15.0 Å². The Morgan fingerprint density at radius 1 is 1.15 bits per heavy atom. The van der Waals surface area contributed by atoms with E-state index < -0.39 is 0 Å². The molecule has 0 N–H and O–H groups in total. The molecule has 0 atom stereocenters. The van der Waals surface area contributed by atoms with E-state index in [2.05, 4.69) is 18.7 Å². The minimum Gasteiger partial charge on any atom is -0.355 e. The monoisotopic (exact) mass is 380 g/mol. The molecule has 1 aliphatic heterocycles. The van der Waals surface area contributed by atoms with E-state index in [1.807, 2.05) is 11.3 Å². The highest BCUT2D eigenvalue weighted by atomic mass is 32.1. The summed E-state index contributed by atoms with van der Waals surface area (Å²) in [6.45, 7) is 6.83. The maximum absolute atomic E-state index is 5.15. The Kier molecular flexibility index (Phi) is 4.50. The second-order valence-corrected chi connectivity index (χ2v) is 9.30. The molecule has 0 bridgehead atoms. The second kappa shape index (κ2) is 7.01. The Bertz CT molecular complexity index is 985. The molecule has 0 spiro atoms. The first-order chi connectivity index (χ1) is 13.3. The highest BCUT2D eigenvalue weighted by molar-refractivity contribution is 7.26. The van der Waals surface area contributed by atoms with E-state index in [0.29, 0.717) is 0 Å². The molecule has 5 rings (SSSR count). The number of rotatable bonds is 4. The number of thiophene rings is 1. The first-order valence-corrected chi connectivity index (χ1v) is 11.4. The summed E-state index contributed by atoms with van der Waals surface area (Å²) >= 11 is 1.82. The molecule has 4 heterocycles. The zero-order valence-electron chi connectivity index (χ0n) is 16.4. The van der Waals surface area contributed by atoms with Crippen LogP contribution in [0.5, 0.6) is 0 Å². The molecule has 0 aromatic carbocycles. The van der Waals surface area contributed by atoms with Gasteiger partial charge in [-0.2, -0.15) is 0 Å². The maximum Gasteiger partial charge on any atom is 0.150 e. The van der Waals surface area contributed by atoms with Gasteiger partial charge in [0.15, 0.2) is 0 Å². The van der Waals surface area contributed by atoms with E-state index in [9.17, 15) is 0 Å². The fourth-order valence-corrected chi connectivity index (χ4v) is 5.96. The first-order valence-electron chi connectivity index (χ1n) is 10.6. The number of unbranched alkanes of at least 4 members (excludes halogenated alkanes) is 1. The van der Waals surface area contributed by atoms with Gasteiger partial charge in [-0.25, -0.2) is 15.0 Å². The van der Waals surface area contributed by atoms with Crippen LogP contribution < -0.4 is 4.90 Å². The standard InChI is InChI=1S/C22H28N4S/c1-3-4-8-17-15-6-5-7-16(15)18-19-20(27-22(18)25-17)21(24-13-23-19)26-11-9-14(2)10-12-26/h13-14H,3-12H2,1-2H3. The van der Waals surface area contributed by atoms with Crippen LogP contribution in [0.3, 0.4) is 0 Å². The van der Waals surface area contributed by atoms with Gasteiger partial charge in [0.25, 0.3) is 0 Å². The number of hydrogen-bond donors (Lipinski definition) is 0. The van der Waals surface area contributed by atoms with Gasteiger partial charge in [-0.15, -0.1) is 11.3 Å². The van der Waals surface area contributed by atoms with Crippen molar-refractivity contribution in [1.29, 1.82) is 0 Å². The fraction of sp³-hybridized carbons (Fsp3) is 0.591. The van der Waals surface area contributed by atoms with E-state index in [1.165, 1.54) is 76.7 Å². The molecule has 1 fully saturated rings. The molecule has 1 saturated heterocycles. The highest BCUT2D eigenvalue weighted by Crippen LogP contribution is 2.42. The topological polar surface area (TPSA) is 41.9 Å². The second-order valence-electron chi connectivity index (χ2n) is 8.30. The van der Waals surface area contributed by atoms with Gasteiger partial charge in [-0.05, 0) is 62.0 Å². The van der Waals surface area contributed by atoms with Crippen LogP contribution in [0.4, 0.5) is 5.82 Å². The molecule has 0 radical (unpaired) electrons. The SMILES string of the molecule is CCCCc1nc2sc3c(N4CCC(C)CC4)ncnc3c2c2c1CCC2. The third kappa shape index (κ3) is 2.91. The Morgan fingerprint density at radius 3 is 2.78 bits per heavy atom. The van der Waals surface area contributed by atoms with Crippen LogP contribution in [0.2, 0.25) is 0 Å². The van der Waals surface area contributed by atoms with E-state index in [1.54, 1.807) is 6.33 Å². The van der Waals surface area contributed by atoms with Gasteiger partial charge in [-0.1, -0.05) is 20.3 Å².